The van der Waals surface area contributed by atoms with Crippen LogP contribution in [0.5, 0.6) is 0 Å². The molecule has 0 atom stereocenters. The molecule has 0 radical (unpaired) electrons. The van der Waals surface area contributed by atoms with Crippen LogP contribution in [0.25, 0.3) is 0 Å². The van der Waals surface area contributed by atoms with Crippen molar-refractivity contribution in [3.05, 3.63) is 17.2 Å². The highest BCUT2D eigenvalue weighted by molar-refractivity contribution is 5.97. The molecule has 2 rings (SSSR count). The quantitative estimate of drug-likeness (QED) is 0.665. The lowest BCUT2D eigenvalue weighted by molar-refractivity contribution is 0.0977. The molecular formula is C8H11N3O2. The summed E-state index contributed by atoms with van der Waals surface area (Å²) in [4.78, 5) is 18.5. The molecule has 0 unspecified atom stereocenters. The average Bonchev–Trinajstić information content (AvgIpc) is 2.49. The number of carbonyl (C=O) groups is 1. The zero-order chi connectivity index (χ0) is 9.26. The van der Waals surface area contributed by atoms with Crippen molar-refractivity contribution in [3.8, 4) is 0 Å². The fourth-order valence-electron chi connectivity index (χ4n) is 1.41. The molecule has 1 aromatic heterocycles. The Labute approximate surface area is 75.5 Å². The van der Waals surface area contributed by atoms with E-state index in [2.05, 4.69) is 15.3 Å². The number of aromatic nitrogens is 2. The van der Waals surface area contributed by atoms with Gasteiger partial charge >= 0.3 is 0 Å². The van der Waals surface area contributed by atoms with Crippen molar-refractivity contribution in [2.45, 2.75) is 13.2 Å². The Morgan fingerprint density at radius 2 is 2.38 bits per heavy atom. The lowest BCUT2D eigenvalue weighted by Gasteiger charge is -2.08. The molecule has 1 aromatic rings. The third-order valence-corrected chi connectivity index (χ3v) is 1.96. The third-order valence-electron chi connectivity index (χ3n) is 1.96. The number of ether oxygens (including phenoxy) is 1. The topological polar surface area (TPSA) is 67.0 Å². The van der Waals surface area contributed by atoms with Gasteiger partial charge in [0.1, 0.15) is 18.1 Å². The van der Waals surface area contributed by atoms with E-state index in [-0.39, 0.29) is 5.78 Å². The van der Waals surface area contributed by atoms with Crippen molar-refractivity contribution >= 4 is 5.78 Å². The first kappa shape index (κ1) is 8.40. The number of aromatic amines is 1. The summed E-state index contributed by atoms with van der Waals surface area (Å²) in [6, 6.07) is 0. The fourth-order valence-corrected chi connectivity index (χ4v) is 1.41. The van der Waals surface area contributed by atoms with Crippen LogP contribution in [0, 0.1) is 0 Å². The van der Waals surface area contributed by atoms with Crippen LogP contribution in [0.2, 0.25) is 0 Å². The number of ketones is 1. The van der Waals surface area contributed by atoms with Gasteiger partial charge in [-0.1, -0.05) is 0 Å². The van der Waals surface area contributed by atoms with Gasteiger partial charge in [-0.2, -0.15) is 0 Å². The summed E-state index contributed by atoms with van der Waals surface area (Å²) in [7, 11) is 1.60. The van der Waals surface area contributed by atoms with E-state index in [0.717, 1.165) is 5.69 Å². The van der Waals surface area contributed by atoms with Gasteiger partial charge < -0.3 is 15.0 Å². The molecule has 13 heavy (non-hydrogen) atoms. The molecule has 5 heteroatoms. The van der Waals surface area contributed by atoms with Crippen molar-refractivity contribution in [2.24, 2.45) is 0 Å². The van der Waals surface area contributed by atoms with Gasteiger partial charge in [0, 0.05) is 13.7 Å². The van der Waals surface area contributed by atoms with Crippen LogP contribution < -0.4 is 5.32 Å². The first-order chi connectivity index (χ1) is 6.31. The summed E-state index contributed by atoms with van der Waals surface area (Å²) in [5, 5.41) is 2.98. The Bertz CT molecular complexity index is 332. The molecule has 1 aliphatic rings. The second kappa shape index (κ2) is 3.27. The minimum atomic E-state index is 0.0415. The summed E-state index contributed by atoms with van der Waals surface area (Å²) >= 11 is 0. The minimum absolute atomic E-state index is 0.0415. The number of carbonyl (C=O) groups excluding carboxylic acids is 1. The summed E-state index contributed by atoms with van der Waals surface area (Å²) in [5.41, 5.74) is 1.43. The molecule has 70 valence electrons. The molecule has 0 aromatic carbocycles. The fraction of sp³-hybridized carbons (Fsp3) is 0.500. The third kappa shape index (κ3) is 1.48. The SMILES string of the molecule is COCc1nc2c([nH]1)CNCC2=O. The number of hydrogen-bond acceptors (Lipinski definition) is 4. The number of rotatable bonds is 2. The number of H-pyrrole nitrogens is 1. The van der Waals surface area contributed by atoms with Crippen LogP contribution in [-0.2, 0) is 17.9 Å². The van der Waals surface area contributed by atoms with Crippen molar-refractivity contribution in [1.82, 2.24) is 15.3 Å². The van der Waals surface area contributed by atoms with Crippen LogP contribution >= 0.6 is 0 Å². The Hall–Kier alpha value is -1.20. The predicted molar refractivity (Wildman–Crippen MR) is 45.3 cm³/mol. The highest BCUT2D eigenvalue weighted by atomic mass is 16.5. The van der Waals surface area contributed by atoms with E-state index in [9.17, 15) is 4.79 Å². The van der Waals surface area contributed by atoms with E-state index in [1.165, 1.54) is 0 Å². The maximum atomic E-state index is 11.3. The van der Waals surface area contributed by atoms with E-state index in [4.69, 9.17) is 4.74 Å². The lowest BCUT2D eigenvalue weighted by atomic mass is 10.2. The Morgan fingerprint density at radius 1 is 1.54 bits per heavy atom. The molecule has 0 bridgehead atoms. The second-order valence-electron chi connectivity index (χ2n) is 2.97. The normalized spacial score (nSPS) is 15.9. The molecule has 0 saturated heterocycles. The number of fused-ring (bicyclic) bond motifs is 1. The molecule has 0 fully saturated rings. The van der Waals surface area contributed by atoms with Crippen molar-refractivity contribution < 1.29 is 9.53 Å². The average molecular weight is 181 g/mol. The highest BCUT2D eigenvalue weighted by Crippen LogP contribution is 2.10. The second-order valence-corrected chi connectivity index (χ2v) is 2.97. The maximum Gasteiger partial charge on any atom is 0.196 e. The first-order valence-corrected chi connectivity index (χ1v) is 4.12. The van der Waals surface area contributed by atoms with Crippen molar-refractivity contribution in [1.29, 1.82) is 0 Å². The number of nitrogens with one attached hydrogen (secondary N) is 2. The van der Waals surface area contributed by atoms with Gasteiger partial charge in [0.25, 0.3) is 0 Å². The standard InChI is InChI=1S/C8H11N3O2/c1-13-4-7-10-5-2-9-3-6(12)8(5)11-7/h9H,2-4H2,1H3,(H,10,11). The molecule has 0 saturated carbocycles. The van der Waals surface area contributed by atoms with Gasteiger partial charge in [-0.05, 0) is 0 Å². The largest absolute Gasteiger partial charge is 0.377 e. The number of methoxy groups -OCH3 is 1. The Morgan fingerprint density at radius 3 is 3.08 bits per heavy atom. The lowest BCUT2D eigenvalue weighted by Crippen LogP contribution is -2.29. The molecular weight excluding hydrogens is 170 g/mol. The van der Waals surface area contributed by atoms with Gasteiger partial charge in [-0.15, -0.1) is 0 Å². The summed E-state index contributed by atoms with van der Waals surface area (Å²) < 4.78 is 4.92. The molecule has 0 amide bonds. The zero-order valence-corrected chi connectivity index (χ0v) is 7.39. The Kier molecular flexibility index (Phi) is 2.12. The van der Waals surface area contributed by atoms with Crippen LogP contribution in [-0.4, -0.2) is 29.4 Å². The predicted octanol–water partition coefficient (Wildman–Crippen LogP) is -0.158. The monoisotopic (exact) mass is 181 g/mol. The van der Waals surface area contributed by atoms with Crippen LogP contribution in [0.1, 0.15) is 22.0 Å². The smallest absolute Gasteiger partial charge is 0.196 e. The molecule has 5 nitrogen and oxygen atoms in total. The van der Waals surface area contributed by atoms with E-state index in [1.807, 2.05) is 0 Å². The van der Waals surface area contributed by atoms with E-state index in [0.29, 0.717) is 31.2 Å². The minimum Gasteiger partial charge on any atom is -0.377 e. The summed E-state index contributed by atoms with van der Waals surface area (Å²) in [6.45, 7) is 1.47. The molecule has 2 N–H and O–H groups in total. The molecule has 0 spiro atoms. The van der Waals surface area contributed by atoms with Gasteiger partial charge in [0.2, 0.25) is 0 Å². The van der Waals surface area contributed by atoms with Crippen LogP contribution in [0.4, 0.5) is 0 Å². The van der Waals surface area contributed by atoms with Crippen molar-refractivity contribution in [2.75, 3.05) is 13.7 Å². The highest BCUT2D eigenvalue weighted by Gasteiger charge is 2.20. The number of hydrogen-bond donors (Lipinski definition) is 2. The Balaban J connectivity index is 2.31. The molecule has 0 aliphatic carbocycles. The van der Waals surface area contributed by atoms with Gasteiger partial charge in [-0.25, -0.2) is 4.98 Å². The number of imidazole rings is 1. The number of nitrogens with zero attached hydrogens (tertiary/aromatic N) is 1. The van der Waals surface area contributed by atoms with Crippen LogP contribution in [0.15, 0.2) is 0 Å². The molecule has 1 aliphatic heterocycles. The summed E-state index contributed by atoms with van der Waals surface area (Å²) in [6.07, 6.45) is 0. The van der Waals surface area contributed by atoms with E-state index in [1.54, 1.807) is 7.11 Å². The van der Waals surface area contributed by atoms with Gasteiger partial charge in [0.05, 0.1) is 12.2 Å². The van der Waals surface area contributed by atoms with Gasteiger partial charge in [-0.3, -0.25) is 4.79 Å². The summed E-state index contributed by atoms with van der Waals surface area (Å²) in [5.74, 6) is 0.754. The van der Waals surface area contributed by atoms with E-state index >= 15 is 0 Å². The first-order valence-electron chi connectivity index (χ1n) is 4.12. The van der Waals surface area contributed by atoms with Gasteiger partial charge in [0.15, 0.2) is 5.78 Å². The zero-order valence-electron chi connectivity index (χ0n) is 7.39. The molecule has 2 heterocycles. The number of Topliss-reactive ketones (excluding diaryl/α,β-unsaturated/α-hetero) is 1. The van der Waals surface area contributed by atoms with E-state index < -0.39 is 0 Å². The van der Waals surface area contributed by atoms with Crippen LogP contribution in [0.3, 0.4) is 0 Å². The van der Waals surface area contributed by atoms with Crippen molar-refractivity contribution in [3.63, 3.8) is 0 Å². The maximum absolute atomic E-state index is 11.3.